The van der Waals surface area contributed by atoms with Crippen LogP contribution in [0.1, 0.15) is 10.4 Å². The maximum Gasteiger partial charge on any atom is 0.264 e. The number of nitrogens with zero attached hydrogens (tertiary/aromatic N) is 3. The quantitative estimate of drug-likeness (QED) is 0.390. The fraction of sp³-hybridized carbons (Fsp3) is 0.261. The fourth-order valence-corrected chi connectivity index (χ4v) is 5.82. The molecule has 2 heterocycles. The molecule has 0 unspecified atom stereocenters. The Labute approximate surface area is 219 Å². The number of ether oxygens (including phenoxy) is 3. The van der Waals surface area contributed by atoms with Gasteiger partial charge in [0.05, 0.1) is 43.3 Å². The molecule has 1 aliphatic rings. The van der Waals surface area contributed by atoms with Crippen LogP contribution in [0, 0.1) is 0 Å². The largest absolute Gasteiger partial charge is 0.481 e. The first-order valence-corrected chi connectivity index (χ1v) is 14.1. The van der Waals surface area contributed by atoms with Crippen LogP contribution in [-0.4, -0.2) is 77.5 Å². The van der Waals surface area contributed by atoms with Gasteiger partial charge in [0.25, 0.3) is 15.9 Å². The molecule has 0 spiro atoms. The van der Waals surface area contributed by atoms with Crippen LogP contribution in [-0.2, 0) is 24.8 Å². The van der Waals surface area contributed by atoms with E-state index in [-0.39, 0.29) is 46.2 Å². The number of hydrogen-bond acceptors (Lipinski definition) is 10. The molecule has 13 nitrogen and oxygen atoms in total. The first-order chi connectivity index (χ1) is 18.1. The minimum atomic E-state index is -4.06. The summed E-state index contributed by atoms with van der Waals surface area (Å²) in [4.78, 5) is 20.5. The van der Waals surface area contributed by atoms with E-state index in [4.69, 9.17) is 14.2 Å². The average Bonchev–Trinajstić information content (AvgIpc) is 2.93. The molecule has 0 radical (unpaired) electrons. The zero-order valence-corrected chi connectivity index (χ0v) is 22.1. The van der Waals surface area contributed by atoms with E-state index in [1.807, 2.05) is 0 Å². The molecule has 1 aliphatic heterocycles. The van der Waals surface area contributed by atoms with Gasteiger partial charge in [-0.3, -0.25) is 4.79 Å². The molecule has 15 heteroatoms. The van der Waals surface area contributed by atoms with Gasteiger partial charge >= 0.3 is 0 Å². The van der Waals surface area contributed by atoms with Crippen molar-refractivity contribution in [2.24, 2.45) is 0 Å². The Morgan fingerprint density at radius 1 is 0.868 bits per heavy atom. The van der Waals surface area contributed by atoms with Gasteiger partial charge in [0.1, 0.15) is 0 Å². The molecule has 1 amide bonds. The smallest absolute Gasteiger partial charge is 0.264 e. The number of methoxy groups -OCH3 is 2. The molecule has 2 aromatic carbocycles. The monoisotopic (exact) mass is 563 g/mol. The highest BCUT2D eigenvalue weighted by atomic mass is 32.2. The topological polar surface area (TPSA) is 166 Å². The van der Waals surface area contributed by atoms with Gasteiger partial charge in [0.2, 0.25) is 27.7 Å². The lowest BCUT2D eigenvalue weighted by Gasteiger charge is -2.26. The van der Waals surface area contributed by atoms with Gasteiger partial charge in [-0.15, -0.1) is 0 Å². The van der Waals surface area contributed by atoms with E-state index in [1.165, 1.54) is 73.1 Å². The second-order valence-corrected chi connectivity index (χ2v) is 11.5. The number of carbonyl (C=O) groups excluding carboxylic acids is 1. The predicted molar refractivity (Wildman–Crippen MR) is 136 cm³/mol. The number of anilines is 2. The van der Waals surface area contributed by atoms with Crippen molar-refractivity contribution >= 4 is 37.6 Å². The third-order valence-corrected chi connectivity index (χ3v) is 8.73. The van der Waals surface area contributed by atoms with Gasteiger partial charge in [0.15, 0.2) is 0 Å². The normalized spacial score (nSPS) is 14.5. The zero-order chi connectivity index (χ0) is 27.3. The number of amides is 1. The third kappa shape index (κ3) is 6.19. The highest BCUT2D eigenvalue weighted by molar-refractivity contribution is 7.92. The van der Waals surface area contributed by atoms with Gasteiger partial charge in [-0.05, 0) is 48.5 Å². The highest BCUT2D eigenvalue weighted by Gasteiger charge is 2.26. The lowest BCUT2D eigenvalue weighted by atomic mass is 10.2. The second-order valence-electron chi connectivity index (χ2n) is 7.90. The van der Waals surface area contributed by atoms with E-state index < -0.39 is 26.0 Å². The Balaban J connectivity index is 1.42. The number of hydrogen-bond donors (Lipinski definition) is 2. The predicted octanol–water partition coefficient (Wildman–Crippen LogP) is 1.57. The number of rotatable bonds is 9. The molecule has 0 bridgehead atoms. The van der Waals surface area contributed by atoms with Crippen molar-refractivity contribution in [3.8, 4) is 11.8 Å². The van der Waals surface area contributed by atoms with Crippen LogP contribution in [0.25, 0.3) is 0 Å². The van der Waals surface area contributed by atoms with Crippen molar-refractivity contribution in [2.45, 2.75) is 9.79 Å². The lowest BCUT2D eigenvalue weighted by molar-refractivity contribution is 0.0730. The van der Waals surface area contributed by atoms with E-state index in [1.54, 1.807) is 0 Å². The Bertz CT molecular complexity index is 1480. The number of nitrogens with one attached hydrogen (secondary N) is 2. The highest BCUT2D eigenvalue weighted by Crippen LogP contribution is 2.22. The summed E-state index contributed by atoms with van der Waals surface area (Å²) in [6.07, 6.45) is 0. The summed E-state index contributed by atoms with van der Waals surface area (Å²) in [5.41, 5.74) is 0.562. The van der Waals surface area contributed by atoms with E-state index in [9.17, 15) is 21.6 Å². The molecule has 0 atom stereocenters. The van der Waals surface area contributed by atoms with Crippen molar-refractivity contribution in [1.82, 2.24) is 14.3 Å². The molecular formula is C23H25N5O8S2. The van der Waals surface area contributed by atoms with Gasteiger partial charge in [-0.25, -0.2) is 21.6 Å². The average molecular weight is 564 g/mol. The van der Waals surface area contributed by atoms with Crippen LogP contribution in [0.15, 0.2) is 64.4 Å². The van der Waals surface area contributed by atoms with Crippen molar-refractivity contribution in [3.05, 3.63) is 60.2 Å². The second kappa shape index (κ2) is 11.3. The number of aromatic nitrogens is 2. The Morgan fingerprint density at radius 2 is 1.42 bits per heavy atom. The van der Waals surface area contributed by atoms with Crippen LogP contribution in [0.3, 0.4) is 0 Å². The van der Waals surface area contributed by atoms with Gasteiger partial charge in [-0.2, -0.15) is 14.3 Å². The summed E-state index contributed by atoms with van der Waals surface area (Å²) >= 11 is 0. The van der Waals surface area contributed by atoms with Crippen LogP contribution in [0.4, 0.5) is 11.6 Å². The molecule has 0 aliphatic carbocycles. The zero-order valence-electron chi connectivity index (χ0n) is 20.4. The summed E-state index contributed by atoms with van der Waals surface area (Å²) in [6, 6.07) is 12.4. The van der Waals surface area contributed by atoms with Crippen molar-refractivity contribution < 1.29 is 35.8 Å². The fourth-order valence-electron chi connectivity index (χ4n) is 3.47. The maximum atomic E-state index is 12.8. The molecule has 1 saturated heterocycles. The van der Waals surface area contributed by atoms with Gasteiger partial charge in [-0.1, -0.05) is 0 Å². The molecule has 4 rings (SSSR count). The lowest BCUT2D eigenvalue weighted by Crippen LogP contribution is -2.40. The minimum Gasteiger partial charge on any atom is -0.481 e. The number of sulfonamides is 2. The Hall–Kier alpha value is -3.79. The summed E-state index contributed by atoms with van der Waals surface area (Å²) in [7, 11) is -4.99. The van der Waals surface area contributed by atoms with Gasteiger partial charge < -0.3 is 19.5 Å². The standard InChI is InChI=1S/C23H25N5O8S2/c1-34-20-15-21(35-2)26-23(25-20)27-37(30,31)18-9-5-17(6-10-18)24-22(29)16-3-7-19(8-4-16)38(32,33)28-11-13-36-14-12-28/h3-10,15H,11-14H2,1-2H3,(H,24,29)(H,25,26,27). The molecule has 1 fully saturated rings. The van der Waals surface area contributed by atoms with E-state index in [0.29, 0.717) is 18.9 Å². The number of carbonyl (C=O) groups is 1. The minimum absolute atomic E-state index is 0.0793. The molecule has 1 aromatic heterocycles. The van der Waals surface area contributed by atoms with Gasteiger partial charge in [0, 0.05) is 24.3 Å². The van der Waals surface area contributed by atoms with Crippen molar-refractivity contribution in [2.75, 3.05) is 50.6 Å². The summed E-state index contributed by atoms with van der Waals surface area (Å²) in [5.74, 6) is -0.512. The first kappa shape index (κ1) is 27.3. The molecule has 0 saturated carbocycles. The van der Waals surface area contributed by atoms with E-state index >= 15 is 0 Å². The molecule has 3 aromatic rings. The number of morpholine rings is 1. The SMILES string of the molecule is COc1cc(OC)nc(NS(=O)(=O)c2ccc(NC(=O)c3ccc(S(=O)(=O)N4CCOCC4)cc3)cc2)n1. The molecule has 2 N–H and O–H groups in total. The number of benzene rings is 2. The van der Waals surface area contributed by atoms with Crippen LogP contribution in [0.2, 0.25) is 0 Å². The van der Waals surface area contributed by atoms with E-state index in [2.05, 4.69) is 20.0 Å². The Morgan fingerprint density at radius 3 is 1.97 bits per heavy atom. The summed E-state index contributed by atoms with van der Waals surface area (Å²) in [5, 5.41) is 2.65. The van der Waals surface area contributed by atoms with E-state index in [0.717, 1.165) is 0 Å². The molecule has 38 heavy (non-hydrogen) atoms. The van der Waals surface area contributed by atoms with Crippen molar-refractivity contribution in [3.63, 3.8) is 0 Å². The van der Waals surface area contributed by atoms with Crippen molar-refractivity contribution in [1.29, 1.82) is 0 Å². The summed E-state index contributed by atoms with van der Waals surface area (Å²) < 4.78 is 69.8. The Kier molecular flexibility index (Phi) is 8.11. The summed E-state index contributed by atoms with van der Waals surface area (Å²) in [6.45, 7) is 1.21. The van der Waals surface area contributed by atoms with Crippen LogP contribution >= 0.6 is 0 Å². The first-order valence-electron chi connectivity index (χ1n) is 11.2. The molecular weight excluding hydrogens is 538 g/mol. The molecule has 202 valence electrons. The van der Waals surface area contributed by atoms with Crippen LogP contribution < -0.4 is 19.5 Å². The maximum absolute atomic E-state index is 12.8. The third-order valence-electron chi connectivity index (χ3n) is 5.47. The van der Waals surface area contributed by atoms with Crippen LogP contribution in [0.5, 0.6) is 11.8 Å².